The first kappa shape index (κ1) is 20.2. The Balaban J connectivity index is 1.38. The quantitative estimate of drug-likeness (QED) is 0.474. The summed E-state index contributed by atoms with van der Waals surface area (Å²) in [5.41, 5.74) is 4.35. The van der Waals surface area contributed by atoms with Gasteiger partial charge in [-0.2, -0.15) is 24.7 Å². The lowest BCUT2D eigenvalue weighted by molar-refractivity contribution is 0.295. The summed E-state index contributed by atoms with van der Waals surface area (Å²) in [6, 6.07) is 10.2. The molecule has 6 rings (SSSR count). The number of hydrogen-bond acceptors (Lipinski definition) is 7. The minimum Gasteiger partial charge on any atom is -0.350 e. The zero-order chi connectivity index (χ0) is 22.4. The topological polar surface area (TPSA) is 88.2 Å². The zero-order valence-electron chi connectivity index (χ0n) is 19.1. The van der Waals surface area contributed by atoms with Crippen molar-refractivity contribution in [3.8, 4) is 5.69 Å². The molecule has 2 fully saturated rings. The van der Waals surface area contributed by atoms with Crippen molar-refractivity contribution in [2.24, 2.45) is 0 Å². The van der Waals surface area contributed by atoms with E-state index in [1.807, 2.05) is 39.8 Å². The maximum absolute atomic E-state index is 5.00. The summed E-state index contributed by atoms with van der Waals surface area (Å²) in [6.45, 7) is 8.00. The number of nitrogens with zero attached hydrogens (tertiary/aromatic N) is 7. The Labute approximate surface area is 192 Å². The van der Waals surface area contributed by atoms with Gasteiger partial charge >= 0.3 is 0 Å². The molecule has 2 aliphatic rings. The number of fused-ring (bicyclic) bond motifs is 1. The van der Waals surface area contributed by atoms with E-state index < -0.39 is 0 Å². The summed E-state index contributed by atoms with van der Waals surface area (Å²) in [7, 11) is 0. The number of aromatic nitrogens is 6. The second-order valence-electron chi connectivity index (χ2n) is 9.32. The highest BCUT2D eigenvalue weighted by atomic mass is 15.4. The Morgan fingerprint density at radius 1 is 1.12 bits per heavy atom. The van der Waals surface area contributed by atoms with Gasteiger partial charge in [0.15, 0.2) is 5.65 Å². The van der Waals surface area contributed by atoms with Gasteiger partial charge in [0, 0.05) is 37.6 Å². The van der Waals surface area contributed by atoms with Crippen LogP contribution in [0.2, 0.25) is 0 Å². The third-order valence-electron chi connectivity index (χ3n) is 7.02. The van der Waals surface area contributed by atoms with Crippen molar-refractivity contribution in [2.45, 2.75) is 44.7 Å². The molecule has 170 valence electrons. The number of para-hydroxylation sites is 1. The monoisotopic (exact) mass is 443 g/mol. The Bertz CT molecular complexity index is 1270. The van der Waals surface area contributed by atoms with Crippen molar-refractivity contribution in [3.05, 3.63) is 60.0 Å². The van der Waals surface area contributed by atoms with Gasteiger partial charge in [-0.3, -0.25) is 0 Å². The van der Waals surface area contributed by atoms with Crippen LogP contribution in [0.25, 0.3) is 11.3 Å². The van der Waals surface area contributed by atoms with Crippen LogP contribution in [0.3, 0.4) is 0 Å². The predicted molar refractivity (Wildman–Crippen MR) is 128 cm³/mol. The molecule has 2 saturated heterocycles. The molecular formula is C24H29N9. The molecule has 5 heterocycles. The van der Waals surface area contributed by atoms with Gasteiger partial charge in [0.25, 0.3) is 0 Å². The third kappa shape index (κ3) is 3.34. The number of hydrogen-bond donors (Lipinski definition) is 2. The molecule has 0 amide bonds. The molecule has 0 bridgehead atoms. The van der Waals surface area contributed by atoms with Gasteiger partial charge in [-0.05, 0) is 43.0 Å². The average Bonchev–Trinajstić information content (AvgIpc) is 3.58. The second kappa shape index (κ2) is 7.84. The Morgan fingerprint density at radius 3 is 2.76 bits per heavy atom. The number of benzene rings is 1. The van der Waals surface area contributed by atoms with Crippen LogP contribution in [0, 0.1) is 0 Å². The van der Waals surface area contributed by atoms with Crippen molar-refractivity contribution in [1.82, 2.24) is 34.7 Å². The number of anilines is 2. The lowest BCUT2D eigenvalue weighted by Gasteiger charge is -2.50. The highest BCUT2D eigenvalue weighted by Gasteiger charge is 2.48. The summed E-state index contributed by atoms with van der Waals surface area (Å²) in [6.07, 6.45) is 8.00. The molecule has 1 atom stereocenters. The van der Waals surface area contributed by atoms with Crippen molar-refractivity contribution >= 4 is 17.5 Å². The first-order valence-electron chi connectivity index (χ1n) is 11.7. The molecule has 1 aromatic carbocycles. The highest BCUT2D eigenvalue weighted by molar-refractivity contribution is 5.58. The molecule has 2 N–H and O–H groups in total. The van der Waals surface area contributed by atoms with E-state index in [1.54, 1.807) is 6.20 Å². The SMILES string of the molecule is CC(C)c1cnn2c(NCc3ccccc3-n3cccn3)nc(N3CCC34CCNC4)nc12. The normalized spacial score (nSPS) is 20.2. The summed E-state index contributed by atoms with van der Waals surface area (Å²) >= 11 is 0. The molecule has 0 radical (unpaired) electrons. The standard InChI is InChI=1S/C24H29N9/c1-17(2)19-15-28-33-21(19)29-23(31-13-9-24(31)8-11-25-16-24)30-22(33)26-14-18-6-3-4-7-20(18)32-12-5-10-27-32/h3-7,10,12,15,17,25H,8-9,11,13-14,16H2,1-2H3,(H,26,29,30). The Hall–Kier alpha value is -3.46. The van der Waals surface area contributed by atoms with Gasteiger partial charge in [-0.25, -0.2) is 4.68 Å². The number of nitrogens with one attached hydrogen (secondary N) is 2. The van der Waals surface area contributed by atoms with Gasteiger partial charge in [0.2, 0.25) is 11.9 Å². The van der Waals surface area contributed by atoms with Crippen LogP contribution < -0.4 is 15.5 Å². The minimum absolute atomic E-state index is 0.153. The number of rotatable bonds is 6. The average molecular weight is 444 g/mol. The molecular weight excluding hydrogens is 414 g/mol. The van der Waals surface area contributed by atoms with Crippen LogP contribution in [0.1, 0.15) is 43.7 Å². The predicted octanol–water partition coefficient (Wildman–Crippen LogP) is 2.99. The van der Waals surface area contributed by atoms with Gasteiger partial charge < -0.3 is 15.5 Å². The largest absolute Gasteiger partial charge is 0.350 e. The molecule has 1 spiro atoms. The maximum atomic E-state index is 5.00. The first-order chi connectivity index (χ1) is 16.1. The minimum atomic E-state index is 0.153. The fraction of sp³-hybridized carbons (Fsp3) is 0.417. The summed E-state index contributed by atoms with van der Waals surface area (Å²) in [5, 5.41) is 16.1. The molecule has 1 unspecified atom stereocenters. The molecule has 4 aromatic rings. The van der Waals surface area contributed by atoms with E-state index >= 15 is 0 Å². The van der Waals surface area contributed by atoms with Crippen molar-refractivity contribution in [2.75, 3.05) is 29.9 Å². The van der Waals surface area contributed by atoms with Gasteiger partial charge in [0.1, 0.15) is 0 Å². The van der Waals surface area contributed by atoms with E-state index in [1.165, 1.54) is 6.42 Å². The van der Waals surface area contributed by atoms with Crippen LogP contribution in [0.5, 0.6) is 0 Å². The van der Waals surface area contributed by atoms with Gasteiger partial charge in [-0.15, -0.1) is 0 Å². The van der Waals surface area contributed by atoms with Crippen molar-refractivity contribution < 1.29 is 0 Å². The van der Waals surface area contributed by atoms with Crippen molar-refractivity contribution in [1.29, 1.82) is 0 Å². The summed E-state index contributed by atoms with van der Waals surface area (Å²) < 4.78 is 3.73. The third-order valence-corrected chi connectivity index (χ3v) is 7.02. The smallest absolute Gasteiger partial charge is 0.231 e. The van der Waals surface area contributed by atoms with Gasteiger partial charge in [-0.1, -0.05) is 32.0 Å². The van der Waals surface area contributed by atoms with E-state index in [9.17, 15) is 0 Å². The van der Waals surface area contributed by atoms with E-state index in [0.717, 1.165) is 54.5 Å². The maximum Gasteiger partial charge on any atom is 0.231 e. The van der Waals surface area contributed by atoms with E-state index in [4.69, 9.17) is 9.97 Å². The molecule has 33 heavy (non-hydrogen) atoms. The fourth-order valence-corrected chi connectivity index (χ4v) is 5.02. The van der Waals surface area contributed by atoms with Crippen LogP contribution in [-0.4, -0.2) is 54.5 Å². The lowest BCUT2D eigenvalue weighted by atomic mass is 9.84. The molecule has 9 heteroatoms. The Morgan fingerprint density at radius 2 is 2.03 bits per heavy atom. The Kier molecular flexibility index (Phi) is 4.79. The van der Waals surface area contributed by atoms with Gasteiger partial charge in [0.05, 0.1) is 17.4 Å². The summed E-state index contributed by atoms with van der Waals surface area (Å²) in [5.74, 6) is 1.84. The molecule has 2 aliphatic heterocycles. The zero-order valence-corrected chi connectivity index (χ0v) is 19.1. The van der Waals surface area contributed by atoms with E-state index in [0.29, 0.717) is 18.4 Å². The molecule has 0 aliphatic carbocycles. The lowest BCUT2D eigenvalue weighted by Crippen LogP contribution is -2.62. The highest BCUT2D eigenvalue weighted by Crippen LogP contribution is 2.39. The molecule has 0 saturated carbocycles. The van der Waals surface area contributed by atoms with Crippen LogP contribution in [0.4, 0.5) is 11.9 Å². The molecule has 3 aromatic heterocycles. The van der Waals surface area contributed by atoms with E-state index in [-0.39, 0.29) is 5.54 Å². The van der Waals surface area contributed by atoms with E-state index in [2.05, 4.69) is 51.7 Å². The summed E-state index contributed by atoms with van der Waals surface area (Å²) in [4.78, 5) is 12.4. The molecule has 9 nitrogen and oxygen atoms in total. The van der Waals surface area contributed by atoms with Crippen molar-refractivity contribution in [3.63, 3.8) is 0 Å². The first-order valence-corrected chi connectivity index (χ1v) is 11.7. The fourth-order valence-electron chi connectivity index (χ4n) is 5.02. The van der Waals surface area contributed by atoms with Crippen LogP contribution in [-0.2, 0) is 6.54 Å². The van der Waals surface area contributed by atoms with Crippen LogP contribution in [0.15, 0.2) is 48.9 Å². The van der Waals surface area contributed by atoms with Crippen LogP contribution >= 0.6 is 0 Å². The second-order valence-corrected chi connectivity index (χ2v) is 9.32.